The molecule has 4 nitrogen and oxygen atoms in total. The van der Waals surface area contributed by atoms with Crippen LogP contribution in [0.5, 0.6) is 11.5 Å². The van der Waals surface area contributed by atoms with Gasteiger partial charge in [0.2, 0.25) is 0 Å². The Hall–Kier alpha value is -2.20. The summed E-state index contributed by atoms with van der Waals surface area (Å²) in [7, 11) is 0. The highest BCUT2D eigenvalue weighted by Crippen LogP contribution is 2.24. The molecule has 26 heavy (non-hydrogen) atoms. The molecule has 2 aromatic rings. The number of para-hydroxylation sites is 1. The highest BCUT2D eigenvalue weighted by Gasteiger charge is 2.03. The fourth-order valence-corrected chi connectivity index (χ4v) is 3.10. The molecule has 2 aromatic carbocycles. The van der Waals surface area contributed by atoms with E-state index in [-0.39, 0.29) is 11.5 Å². The van der Waals surface area contributed by atoms with Gasteiger partial charge in [0.1, 0.15) is 0 Å². The first kappa shape index (κ1) is 20.1. The third-order valence-electron chi connectivity index (χ3n) is 4.66. The Balaban J connectivity index is 1.49. The normalized spacial score (nSPS) is 10.8. The summed E-state index contributed by atoms with van der Waals surface area (Å²) in [6.07, 6.45) is 5.79. The molecule has 0 aromatic heterocycles. The maximum Gasteiger partial charge on any atom is 0.157 e. The highest BCUT2D eigenvalue weighted by atomic mass is 16.3. The van der Waals surface area contributed by atoms with Crippen molar-refractivity contribution in [2.45, 2.75) is 39.0 Å². The van der Waals surface area contributed by atoms with Crippen LogP contribution in [-0.2, 0) is 6.42 Å². The molecule has 0 atom stereocenters. The summed E-state index contributed by atoms with van der Waals surface area (Å²) in [4.78, 5) is 2.44. The number of nitrogens with zero attached hydrogens (tertiary/aromatic N) is 1. The SMILES string of the molecule is CCN(CCCCCCNCCc1ccc(O)c(O)c1)c1ccccc1. The first-order chi connectivity index (χ1) is 12.7. The number of anilines is 1. The van der Waals surface area contributed by atoms with Gasteiger partial charge in [0.25, 0.3) is 0 Å². The predicted molar refractivity (Wildman–Crippen MR) is 109 cm³/mol. The van der Waals surface area contributed by atoms with E-state index in [2.05, 4.69) is 47.5 Å². The standard InChI is InChI=1S/C22H32N2O2/c1-2-24(20-10-6-5-7-11-20)17-9-4-3-8-15-23-16-14-19-12-13-21(25)22(26)18-19/h5-7,10-13,18,23,25-26H,2-4,8-9,14-17H2,1H3. The summed E-state index contributed by atoms with van der Waals surface area (Å²) < 4.78 is 0. The minimum Gasteiger partial charge on any atom is -0.504 e. The minimum atomic E-state index is -0.0596. The number of phenols is 2. The van der Waals surface area contributed by atoms with Crippen LogP contribution >= 0.6 is 0 Å². The zero-order chi connectivity index (χ0) is 18.6. The van der Waals surface area contributed by atoms with E-state index >= 15 is 0 Å². The van der Waals surface area contributed by atoms with Crippen molar-refractivity contribution in [2.24, 2.45) is 0 Å². The molecule has 0 aliphatic carbocycles. The van der Waals surface area contributed by atoms with Crippen LogP contribution in [0.3, 0.4) is 0 Å². The molecule has 2 rings (SSSR count). The minimum absolute atomic E-state index is 0.0425. The van der Waals surface area contributed by atoms with Crippen LogP contribution in [0.4, 0.5) is 5.69 Å². The maximum absolute atomic E-state index is 9.48. The second-order valence-corrected chi connectivity index (χ2v) is 6.65. The summed E-state index contributed by atoms with van der Waals surface area (Å²) >= 11 is 0. The molecule has 0 aliphatic rings. The molecule has 3 N–H and O–H groups in total. The number of phenolic OH excluding ortho intramolecular Hbond substituents is 2. The van der Waals surface area contributed by atoms with Crippen molar-refractivity contribution in [3.05, 3.63) is 54.1 Å². The van der Waals surface area contributed by atoms with Crippen LogP contribution < -0.4 is 10.2 Å². The Morgan fingerprint density at radius 3 is 2.35 bits per heavy atom. The molecule has 0 saturated heterocycles. The van der Waals surface area contributed by atoms with Crippen molar-refractivity contribution in [1.29, 1.82) is 0 Å². The van der Waals surface area contributed by atoms with Crippen LogP contribution in [0.15, 0.2) is 48.5 Å². The van der Waals surface area contributed by atoms with E-state index in [9.17, 15) is 10.2 Å². The molecule has 0 spiro atoms. The Bertz CT molecular complexity index is 631. The largest absolute Gasteiger partial charge is 0.504 e. The summed E-state index contributed by atoms with van der Waals surface area (Å²) in [5, 5.41) is 22.2. The molecule has 0 unspecified atom stereocenters. The molecule has 0 saturated carbocycles. The number of hydrogen-bond donors (Lipinski definition) is 3. The molecule has 0 heterocycles. The first-order valence-electron chi connectivity index (χ1n) is 9.72. The van der Waals surface area contributed by atoms with Crippen LogP contribution in [0.1, 0.15) is 38.2 Å². The van der Waals surface area contributed by atoms with Crippen LogP contribution in [0, 0.1) is 0 Å². The zero-order valence-corrected chi connectivity index (χ0v) is 15.8. The van der Waals surface area contributed by atoms with Gasteiger partial charge in [-0.2, -0.15) is 0 Å². The van der Waals surface area contributed by atoms with E-state index in [0.29, 0.717) is 0 Å². The summed E-state index contributed by atoms with van der Waals surface area (Å²) in [6, 6.07) is 15.6. The lowest BCUT2D eigenvalue weighted by atomic mass is 10.1. The third-order valence-corrected chi connectivity index (χ3v) is 4.66. The Morgan fingerprint density at radius 2 is 1.62 bits per heavy atom. The average Bonchev–Trinajstić information content (AvgIpc) is 2.67. The lowest BCUT2D eigenvalue weighted by Crippen LogP contribution is -2.23. The van der Waals surface area contributed by atoms with E-state index in [4.69, 9.17) is 0 Å². The monoisotopic (exact) mass is 356 g/mol. The van der Waals surface area contributed by atoms with E-state index in [0.717, 1.165) is 38.2 Å². The van der Waals surface area contributed by atoms with Gasteiger partial charge in [-0.25, -0.2) is 0 Å². The molecular formula is C22H32N2O2. The fourth-order valence-electron chi connectivity index (χ4n) is 3.10. The second kappa shape index (κ2) is 11.4. The van der Waals surface area contributed by atoms with Gasteiger partial charge in [0.15, 0.2) is 11.5 Å². The van der Waals surface area contributed by atoms with Crippen LogP contribution in [0.2, 0.25) is 0 Å². The van der Waals surface area contributed by atoms with Gasteiger partial charge in [-0.1, -0.05) is 37.1 Å². The summed E-state index contributed by atoms with van der Waals surface area (Å²) in [5.74, 6) is -0.102. The van der Waals surface area contributed by atoms with E-state index in [1.165, 1.54) is 31.4 Å². The quantitative estimate of drug-likeness (QED) is 0.392. The van der Waals surface area contributed by atoms with Crippen molar-refractivity contribution in [3.63, 3.8) is 0 Å². The zero-order valence-electron chi connectivity index (χ0n) is 15.8. The summed E-state index contributed by atoms with van der Waals surface area (Å²) in [6.45, 7) is 6.31. The molecule has 0 amide bonds. The topological polar surface area (TPSA) is 55.7 Å². The van der Waals surface area contributed by atoms with Gasteiger partial charge < -0.3 is 20.4 Å². The molecule has 0 fully saturated rings. The molecule has 4 heteroatoms. The van der Waals surface area contributed by atoms with Gasteiger partial charge in [0.05, 0.1) is 0 Å². The third kappa shape index (κ3) is 6.96. The van der Waals surface area contributed by atoms with Gasteiger partial charge in [-0.15, -0.1) is 0 Å². The van der Waals surface area contributed by atoms with Gasteiger partial charge in [-0.3, -0.25) is 0 Å². The van der Waals surface area contributed by atoms with E-state index in [1.54, 1.807) is 12.1 Å². The fraction of sp³-hybridized carbons (Fsp3) is 0.455. The van der Waals surface area contributed by atoms with Crippen molar-refractivity contribution < 1.29 is 10.2 Å². The van der Waals surface area contributed by atoms with Crippen molar-refractivity contribution in [3.8, 4) is 11.5 Å². The lowest BCUT2D eigenvalue weighted by molar-refractivity contribution is 0.403. The second-order valence-electron chi connectivity index (χ2n) is 6.65. The molecule has 0 aliphatic heterocycles. The lowest BCUT2D eigenvalue weighted by Gasteiger charge is -2.23. The number of benzene rings is 2. The Labute approximate surface area is 157 Å². The summed E-state index contributed by atoms with van der Waals surface area (Å²) in [5.41, 5.74) is 2.35. The number of aromatic hydroxyl groups is 2. The first-order valence-corrected chi connectivity index (χ1v) is 9.72. The predicted octanol–water partition coefficient (Wildman–Crippen LogP) is 4.32. The number of unbranched alkanes of at least 4 members (excludes halogenated alkanes) is 3. The van der Waals surface area contributed by atoms with Gasteiger partial charge >= 0.3 is 0 Å². The molecule has 142 valence electrons. The highest BCUT2D eigenvalue weighted by molar-refractivity contribution is 5.45. The van der Waals surface area contributed by atoms with E-state index < -0.39 is 0 Å². The Kier molecular flexibility index (Phi) is 8.84. The van der Waals surface area contributed by atoms with Crippen LogP contribution in [-0.4, -0.2) is 36.4 Å². The number of hydrogen-bond acceptors (Lipinski definition) is 4. The Morgan fingerprint density at radius 1 is 0.846 bits per heavy atom. The average molecular weight is 357 g/mol. The molecular weight excluding hydrogens is 324 g/mol. The van der Waals surface area contributed by atoms with E-state index in [1.807, 2.05) is 6.07 Å². The molecule has 0 radical (unpaired) electrons. The van der Waals surface area contributed by atoms with Crippen molar-refractivity contribution in [2.75, 3.05) is 31.1 Å². The number of rotatable bonds is 12. The molecule has 0 bridgehead atoms. The van der Waals surface area contributed by atoms with Crippen molar-refractivity contribution >= 4 is 5.69 Å². The van der Waals surface area contributed by atoms with Crippen LogP contribution in [0.25, 0.3) is 0 Å². The maximum atomic E-state index is 9.48. The number of nitrogens with one attached hydrogen (secondary N) is 1. The van der Waals surface area contributed by atoms with Gasteiger partial charge in [-0.05, 0) is 69.1 Å². The van der Waals surface area contributed by atoms with Gasteiger partial charge in [0, 0.05) is 18.8 Å². The van der Waals surface area contributed by atoms with Crippen molar-refractivity contribution in [1.82, 2.24) is 5.32 Å². The smallest absolute Gasteiger partial charge is 0.157 e.